The summed E-state index contributed by atoms with van der Waals surface area (Å²) in [6, 6.07) is 5.10. The molecule has 1 aromatic carbocycles. The summed E-state index contributed by atoms with van der Waals surface area (Å²) in [7, 11) is -3.64. The number of benzene rings is 1. The fraction of sp³-hybridized carbons (Fsp3) is 0.667. The zero-order valence-electron chi connectivity index (χ0n) is 28.7. The summed E-state index contributed by atoms with van der Waals surface area (Å²) in [4.78, 5) is 11.3. The first-order valence-electron chi connectivity index (χ1n) is 16.4. The van der Waals surface area contributed by atoms with Crippen molar-refractivity contribution in [3.63, 3.8) is 0 Å². The van der Waals surface area contributed by atoms with Gasteiger partial charge in [-0.1, -0.05) is 6.07 Å². The predicted octanol–water partition coefficient (Wildman–Crippen LogP) is 6.54. The molecule has 0 unspecified atom stereocenters. The number of anilines is 1. The van der Waals surface area contributed by atoms with E-state index in [2.05, 4.69) is 14.9 Å². The van der Waals surface area contributed by atoms with Crippen molar-refractivity contribution in [1.82, 2.24) is 19.7 Å². The average molecular weight is 708 g/mol. The van der Waals surface area contributed by atoms with Gasteiger partial charge in [0.25, 0.3) is 0 Å². The van der Waals surface area contributed by atoms with E-state index in [0.29, 0.717) is 29.9 Å². The third-order valence-corrected chi connectivity index (χ3v) is 11.3. The third-order valence-electron chi connectivity index (χ3n) is 8.93. The summed E-state index contributed by atoms with van der Waals surface area (Å²) < 4.78 is 66.4. The fourth-order valence-electron chi connectivity index (χ4n) is 7.42. The van der Waals surface area contributed by atoms with E-state index in [-0.39, 0.29) is 29.5 Å². The molecular formula is C33H44ClFN5O7P. The molecule has 4 aliphatic rings. The fourth-order valence-corrected chi connectivity index (χ4v) is 9.72. The molecule has 7 rings (SSSR count). The van der Waals surface area contributed by atoms with Crippen LogP contribution in [0, 0.1) is 5.82 Å². The van der Waals surface area contributed by atoms with Gasteiger partial charge in [0.15, 0.2) is 17.7 Å². The summed E-state index contributed by atoms with van der Waals surface area (Å²) in [5, 5.41) is 5.48. The van der Waals surface area contributed by atoms with Crippen LogP contribution >= 0.6 is 19.2 Å². The van der Waals surface area contributed by atoms with E-state index >= 15 is 0 Å². The second-order valence-corrected chi connectivity index (χ2v) is 17.9. The van der Waals surface area contributed by atoms with Crippen molar-refractivity contribution in [3.8, 4) is 0 Å². The van der Waals surface area contributed by atoms with Crippen LogP contribution in [0.4, 0.5) is 10.2 Å². The van der Waals surface area contributed by atoms with Crippen LogP contribution in [0.2, 0.25) is 5.28 Å². The molecule has 0 amide bonds. The summed E-state index contributed by atoms with van der Waals surface area (Å²) in [6.07, 6.45) is 0.961. The Kier molecular flexibility index (Phi) is 8.32. The largest absolute Gasteiger partial charge is 0.366 e. The first-order chi connectivity index (χ1) is 22.3. The Hall–Kier alpha value is -2.22. The molecule has 12 nitrogen and oxygen atoms in total. The molecule has 262 valence electrons. The summed E-state index contributed by atoms with van der Waals surface area (Å²) >= 11 is 6.52. The lowest BCUT2D eigenvalue weighted by Crippen LogP contribution is -2.58. The maximum atomic E-state index is 14.2. The number of aryl methyl sites for hydroxylation is 1. The van der Waals surface area contributed by atoms with Crippen LogP contribution in [-0.4, -0.2) is 81.1 Å². The van der Waals surface area contributed by atoms with Gasteiger partial charge in [-0.15, -0.1) is 0 Å². The van der Waals surface area contributed by atoms with E-state index in [9.17, 15) is 8.96 Å². The second-order valence-electron chi connectivity index (χ2n) is 15.7. The van der Waals surface area contributed by atoms with Crippen LogP contribution in [-0.2, 0) is 44.4 Å². The minimum Gasteiger partial charge on any atom is -0.366 e. The Bertz CT molecular complexity index is 1750. The van der Waals surface area contributed by atoms with Gasteiger partial charge in [0, 0.05) is 18.5 Å². The van der Waals surface area contributed by atoms with Gasteiger partial charge in [0.05, 0.1) is 29.4 Å². The number of rotatable bonds is 8. The molecule has 0 radical (unpaired) electrons. The van der Waals surface area contributed by atoms with E-state index in [1.54, 1.807) is 16.9 Å². The van der Waals surface area contributed by atoms with E-state index in [1.807, 2.05) is 61.5 Å². The van der Waals surface area contributed by atoms with E-state index in [1.165, 1.54) is 11.6 Å². The Morgan fingerprint density at radius 3 is 2.44 bits per heavy atom. The number of hydrogen-bond donors (Lipinski definition) is 0. The minimum atomic E-state index is -3.64. The zero-order chi connectivity index (χ0) is 34.4. The van der Waals surface area contributed by atoms with Crippen molar-refractivity contribution in [2.45, 2.75) is 115 Å². The lowest BCUT2D eigenvalue weighted by atomic mass is 9.74. The molecule has 0 saturated carbocycles. The predicted molar refractivity (Wildman–Crippen MR) is 177 cm³/mol. The lowest BCUT2D eigenvalue weighted by Gasteiger charge is -2.49. The van der Waals surface area contributed by atoms with Crippen LogP contribution in [0.3, 0.4) is 0 Å². The summed E-state index contributed by atoms with van der Waals surface area (Å²) in [5.41, 5.74) is 1.23. The quantitative estimate of drug-likeness (QED) is 0.188. The van der Waals surface area contributed by atoms with Crippen LogP contribution in [0.1, 0.15) is 79.2 Å². The molecule has 3 saturated heterocycles. The maximum Gasteiger partial charge on any atom is 0.357 e. The van der Waals surface area contributed by atoms with Crippen LogP contribution < -0.4 is 4.90 Å². The highest BCUT2D eigenvalue weighted by Crippen LogP contribution is 2.55. The standard InChI is InChI=1S/C33H44ClFN5O7P/c1-30(2,3)46-48(41,47-31(4,5)6)18-42-15-23-24-25(45-32(7,8)44-24)28(43-23)40-27-21(14-36-40)26(37-29(34)38-27)39-16-33(17-39)12-11-19-9-10-20(35)13-22(19)33/h9-10,13-14,23-25,28H,11-12,15-18H2,1-8H3/t23-,24-,25-,28-/m1/s1. The molecule has 3 aliphatic heterocycles. The van der Waals surface area contributed by atoms with Crippen molar-refractivity contribution >= 4 is 36.0 Å². The molecule has 4 atom stereocenters. The van der Waals surface area contributed by atoms with Gasteiger partial charge in [0.2, 0.25) is 5.28 Å². The highest BCUT2D eigenvalue weighted by molar-refractivity contribution is 7.53. The minimum absolute atomic E-state index is 0.0419. The van der Waals surface area contributed by atoms with E-state index < -0.39 is 49.1 Å². The molecule has 2 aromatic heterocycles. The van der Waals surface area contributed by atoms with Crippen molar-refractivity contribution in [1.29, 1.82) is 0 Å². The second kappa shape index (κ2) is 11.7. The number of fused-ring (bicyclic) bond motifs is 4. The molecule has 15 heteroatoms. The van der Waals surface area contributed by atoms with Crippen molar-refractivity contribution in [2.75, 3.05) is 30.9 Å². The number of ether oxygens (including phenoxy) is 4. The van der Waals surface area contributed by atoms with Gasteiger partial charge < -0.3 is 32.9 Å². The molecule has 0 N–H and O–H groups in total. The average Bonchev–Trinajstić information content (AvgIpc) is 3.65. The molecular weight excluding hydrogens is 664 g/mol. The Morgan fingerprint density at radius 1 is 1.06 bits per heavy atom. The number of hydrogen-bond acceptors (Lipinski definition) is 11. The SMILES string of the molecule is CC(C)(C)OP(=O)(COC[C@H]1O[C@@H](n2ncc3c(N4CC5(CCc6ccc(F)cc65)C4)nc(Cl)nc32)[C@@H]2OC(C)(C)O[C@@H]21)OC(C)(C)C. The number of aromatic nitrogens is 4. The lowest BCUT2D eigenvalue weighted by molar-refractivity contribution is -0.202. The van der Waals surface area contributed by atoms with Crippen molar-refractivity contribution in [2.24, 2.45) is 0 Å². The topological polar surface area (TPSA) is 119 Å². The highest BCUT2D eigenvalue weighted by Gasteiger charge is 2.57. The molecule has 3 aromatic rings. The van der Waals surface area contributed by atoms with Crippen LogP contribution in [0.25, 0.3) is 11.0 Å². The first kappa shape index (κ1) is 34.2. The van der Waals surface area contributed by atoms with E-state index in [0.717, 1.165) is 18.4 Å². The van der Waals surface area contributed by atoms with E-state index in [4.69, 9.17) is 44.7 Å². The molecule has 48 heavy (non-hydrogen) atoms. The number of halogens is 2. The summed E-state index contributed by atoms with van der Waals surface area (Å²) in [6.45, 7) is 16.0. The smallest absolute Gasteiger partial charge is 0.357 e. The monoisotopic (exact) mass is 707 g/mol. The molecule has 5 heterocycles. The highest BCUT2D eigenvalue weighted by atomic mass is 35.5. The van der Waals surface area contributed by atoms with Gasteiger partial charge >= 0.3 is 7.60 Å². The Morgan fingerprint density at radius 2 is 1.75 bits per heavy atom. The molecule has 3 fully saturated rings. The van der Waals surface area contributed by atoms with Crippen molar-refractivity contribution < 1.29 is 37.0 Å². The number of nitrogens with zero attached hydrogens (tertiary/aromatic N) is 5. The zero-order valence-corrected chi connectivity index (χ0v) is 30.3. The molecule has 1 aliphatic carbocycles. The molecule has 1 spiro atoms. The van der Waals surface area contributed by atoms with Gasteiger partial charge in [-0.05, 0) is 103 Å². The first-order valence-corrected chi connectivity index (χ1v) is 18.5. The van der Waals surface area contributed by atoms with Crippen LogP contribution in [0.15, 0.2) is 24.4 Å². The maximum absolute atomic E-state index is 14.2. The van der Waals surface area contributed by atoms with Crippen molar-refractivity contribution in [3.05, 3.63) is 46.6 Å². The third kappa shape index (κ3) is 6.53. The van der Waals surface area contributed by atoms with Gasteiger partial charge in [0.1, 0.15) is 36.3 Å². The van der Waals surface area contributed by atoms with Crippen LogP contribution in [0.5, 0.6) is 0 Å². The molecule has 0 bridgehead atoms. The Balaban J connectivity index is 1.11. The van der Waals surface area contributed by atoms with Gasteiger partial charge in [-0.3, -0.25) is 4.57 Å². The Labute approximate surface area is 285 Å². The summed E-state index contributed by atoms with van der Waals surface area (Å²) in [5.74, 6) is -0.439. The normalized spacial score (nSPS) is 26.3. The van der Waals surface area contributed by atoms with Gasteiger partial charge in [-0.2, -0.15) is 15.1 Å². The van der Waals surface area contributed by atoms with Gasteiger partial charge in [-0.25, -0.2) is 9.07 Å².